The van der Waals surface area contributed by atoms with E-state index in [-0.39, 0.29) is 34.7 Å². The monoisotopic (exact) mass is 432 g/mol. The van der Waals surface area contributed by atoms with Crippen LogP contribution in [0.3, 0.4) is 0 Å². The van der Waals surface area contributed by atoms with Crippen LogP contribution in [-0.2, 0) is 11.8 Å². The number of rotatable bonds is 3. The molecule has 1 amide bonds. The fourth-order valence-corrected chi connectivity index (χ4v) is 6.42. The molecule has 7 nitrogen and oxygen atoms in total. The van der Waals surface area contributed by atoms with Crippen molar-refractivity contribution in [3.05, 3.63) is 70.8 Å². The average molecular weight is 432 g/mol. The molecular formula is C25H24N2O5. The van der Waals surface area contributed by atoms with Crippen molar-refractivity contribution in [2.75, 3.05) is 13.6 Å². The van der Waals surface area contributed by atoms with Gasteiger partial charge in [0.1, 0.15) is 6.10 Å². The van der Waals surface area contributed by atoms with Gasteiger partial charge in [0, 0.05) is 28.5 Å². The number of ether oxygens (including phenoxy) is 1. The topological polar surface area (TPSA) is 99.1 Å². The maximum atomic E-state index is 13.1. The molecule has 0 radical (unpaired) electrons. The number of nitrogens with one attached hydrogen (secondary N) is 1. The third-order valence-corrected chi connectivity index (χ3v) is 7.85. The van der Waals surface area contributed by atoms with Crippen LogP contribution in [0.15, 0.2) is 48.6 Å². The van der Waals surface area contributed by atoms with Crippen LogP contribution in [0.5, 0.6) is 11.5 Å². The molecule has 4 aliphatic rings. The highest BCUT2D eigenvalue weighted by Crippen LogP contribution is 2.62. The van der Waals surface area contributed by atoms with E-state index in [1.165, 1.54) is 17.7 Å². The summed E-state index contributed by atoms with van der Waals surface area (Å²) in [5, 5.41) is 22.9. The van der Waals surface area contributed by atoms with Crippen LogP contribution in [0.1, 0.15) is 38.3 Å². The minimum absolute atomic E-state index is 0.0695. The number of carboxylic acid groups (broad SMARTS) is 1. The summed E-state index contributed by atoms with van der Waals surface area (Å²) in [5.74, 6) is -0.484. The van der Waals surface area contributed by atoms with E-state index in [0.29, 0.717) is 17.4 Å². The summed E-state index contributed by atoms with van der Waals surface area (Å²) in [4.78, 5) is 26.8. The van der Waals surface area contributed by atoms with Gasteiger partial charge in [-0.25, -0.2) is 4.79 Å². The molecule has 2 aromatic carbocycles. The normalized spacial score (nSPS) is 31.5. The second-order valence-electron chi connectivity index (χ2n) is 9.32. The first-order valence-electron chi connectivity index (χ1n) is 10.9. The lowest BCUT2D eigenvalue weighted by molar-refractivity contribution is -0.00855. The van der Waals surface area contributed by atoms with Gasteiger partial charge in [-0.05, 0) is 56.3 Å². The van der Waals surface area contributed by atoms with Gasteiger partial charge in [-0.15, -0.1) is 0 Å². The van der Waals surface area contributed by atoms with Gasteiger partial charge in [0.25, 0.3) is 5.91 Å². The smallest absolute Gasteiger partial charge is 0.335 e. The van der Waals surface area contributed by atoms with Crippen molar-refractivity contribution in [2.24, 2.45) is 5.92 Å². The number of hydrogen-bond donors (Lipinski definition) is 3. The number of carbonyl (C=O) groups is 2. The summed E-state index contributed by atoms with van der Waals surface area (Å²) in [7, 11) is 2.16. The van der Waals surface area contributed by atoms with Crippen LogP contribution in [0, 0.1) is 5.92 Å². The maximum Gasteiger partial charge on any atom is 0.335 e. The van der Waals surface area contributed by atoms with Crippen LogP contribution in [-0.4, -0.2) is 58.8 Å². The Labute approximate surface area is 185 Å². The number of likely N-dealkylation sites (N-methyl/N-ethyl adjacent to an activating group) is 1. The molecule has 164 valence electrons. The van der Waals surface area contributed by atoms with Crippen molar-refractivity contribution in [3.8, 4) is 11.5 Å². The van der Waals surface area contributed by atoms with E-state index in [0.717, 1.165) is 24.9 Å². The van der Waals surface area contributed by atoms with E-state index in [2.05, 4.69) is 23.3 Å². The summed E-state index contributed by atoms with van der Waals surface area (Å²) in [6, 6.07) is 9.68. The van der Waals surface area contributed by atoms with E-state index in [4.69, 9.17) is 4.74 Å². The molecule has 1 fully saturated rings. The molecule has 1 unspecified atom stereocenters. The number of likely N-dealkylation sites (tertiary alicyclic amines) is 1. The second-order valence-corrected chi connectivity index (χ2v) is 9.32. The molecule has 2 aromatic rings. The number of hydrogen-bond acceptors (Lipinski definition) is 5. The molecule has 2 aliphatic carbocycles. The highest BCUT2D eigenvalue weighted by atomic mass is 16.5. The second kappa shape index (κ2) is 6.59. The summed E-state index contributed by atoms with van der Waals surface area (Å²) < 4.78 is 6.43. The molecular weight excluding hydrogens is 408 g/mol. The predicted molar refractivity (Wildman–Crippen MR) is 116 cm³/mol. The van der Waals surface area contributed by atoms with Gasteiger partial charge >= 0.3 is 5.97 Å². The van der Waals surface area contributed by atoms with Crippen LogP contribution >= 0.6 is 0 Å². The van der Waals surface area contributed by atoms with Crippen LogP contribution in [0.25, 0.3) is 0 Å². The fourth-order valence-electron chi connectivity index (χ4n) is 6.42. The first-order chi connectivity index (χ1) is 15.4. The number of aromatic hydroxyl groups is 1. The summed E-state index contributed by atoms with van der Waals surface area (Å²) in [5.41, 5.74) is 2.38. The molecule has 3 N–H and O–H groups in total. The SMILES string of the molecule is CN1CC[C@]23c4c5ccc(O)c4O[C@H]2[C@H](NC(=O)c2cccc(C(=O)O)c2)C=CC3[C@H]1C5. The lowest BCUT2D eigenvalue weighted by atomic mass is 9.53. The van der Waals surface area contributed by atoms with Gasteiger partial charge in [-0.1, -0.05) is 24.3 Å². The molecule has 1 spiro atoms. The van der Waals surface area contributed by atoms with E-state index in [1.807, 2.05) is 12.1 Å². The van der Waals surface area contributed by atoms with Crippen LogP contribution in [0.4, 0.5) is 0 Å². The average Bonchev–Trinajstić information content (AvgIpc) is 3.14. The van der Waals surface area contributed by atoms with Crippen molar-refractivity contribution >= 4 is 11.9 Å². The van der Waals surface area contributed by atoms with Gasteiger partial charge in [-0.2, -0.15) is 0 Å². The van der Waals surface area contributed by atoms with E-state index < -0.39 is 12.0 Å². The zero-order valence-electron chi connectivity index (χ0n) is 17.6. The molecule has 6 rings (SSSR count). The third-order valence-electron chi connectivity index (χ3n) is 7.85. The number of aromatic carboxylic acids is 1. The molecule has 2 heterocycles. The number of phenols is 1. The van der Waals surface area contributed by atoms with Crippen molar-refractivity contribution in [2.45, 2.75) is 36.4 Å². The number of phenolic OH excluding ortho intramolecular Hbond substituents is 1. The van der Waals surface area contributed by atoms with Crippen molar-refractivity contribution in [1.82, 2.24) is 10.2 Å². The molecule has 2 bridgehead atoms. The first kappa shape index (κ1) is 19.4. The Bertz CT molecular complexity index is 1190. The third kappa shape index (κ3) is 2.45. The summed E-state index contributed by atoms with van der Waals surface area (Å²) >= 11 is 0. The van der Waals surface area contributed by atoms with E-state index in [9.17, 15) is 19.8 Å². The molecule has 0 aromatic heterocycles. The van der Waals surface area contributed by atoms with Crippen LogP contribution in [0.2, 0.25) is 0 Å². The van der Waals surface area contributed by atoms with Crippen molar-refractivity contribution in [3.63, 3.8) is 0 Å². The van der Waals surface area contributed by atoms with Gasteiger partial charge in [0.2, 0.25) is 0 Å². The molecule has 1 saturated heterocycles. The predicted octanol–water partition coefficient (Wildman–Crippen LogP) is 2.33. The lowest BCUT2D eigenvalue weighted by Gasteiger charge is -2.57. The minimum Gasteiger partial charge on any atom is -0.504 e. The fraction of sp³-hybridized carbons (Fsp3) is 0.360. The molecule has 2 aliphatic heterocycles. The van der Waals surface area contributed by atoms with Crippen molar-refractivity contribution in [1.29, 1.82) is 0 Å². The first-order valence-corrected chi connectivity index (χ1v) is 10.9. The van der Waals surface area contributed by atoms with Gasteiger partial charge < -0.3 is 25.2 Å². The quantitative estimate of drug-likeness (QED) is 0.644. The lowest BCUT2D eigenvalue weighted by Crippen LogP contribution is -2.66. The number of amides is 1. The largest absolute Gasteiger partial charge is 0.504 e. The number of carboxylic acids is 1. The Morgan fingerprint density at radius 1 is 1.19 bits per heavy atom. The van der Waals surface area contributed by atoms with E-state index in [1.54, 1.807) is 18.2 Å². The summed E-state index contributed by atoms with van der Waals surface area (Å²) in [6.07, 6.45) is 5.67. The zero-order chi connectivity index (χ0) is 22.2. The molecule has 0 saturated carbocycles. The molecule has 32 heavy (non-hydrogen) atoms. The van der Waals surface area contributed by atoms with Crippen molar-refractivity contribution < 1.29 is 24.5 Å². The van der Waals surface area contributed by atoms with E-state index >= 15 is 0 Å². The highest BCUT2D eigenvalue weighted by molar-refractivity contribution is 5.97. The molecule has 7 heteroatoms. The Balaban J connectivity index is 1.40. The Morgan fingerprint density at radius 3 is 2.81 bits per heavy atom. The number of carbonyl (C=O) groups excluding carboxylic acids is 1. The zero-order valence-corrected chi connectivity index (χ0v) is 17.6. The van der Waals surface area contributed by atoms with Gasteiger partial charge in [0.15, 0.2) is 11.5 Å². The number of piperidine rings is 1. The standard InChI is InChI=1S/C25H24N2O5/c1-27-10-9-25-16-6-7-17(26-23(29)14-3-2-4-15(11-14)24(30)31)22(25)32-21-19(28)8-5-13(20(21)25)12-18(16)27/h2-8,11,16-18,22,28H,9-10,12H2,1H3,(H,26,29)(H,30,31)/t16?,17-,18-,22+,25+/m1/s1. The Kier molecular flexibility index (Phi) is 3.99. The van der Waals surface area contributed by atoms with Gasteiger partial charge in [-0.3, -0.25) is 4.79 Å². The van der Waals surface area contributed by atoms with Gasteiger partial charge in [0.05, 0.1) is 11.6 Å². The maximum absolute atomic E-state index is 13.1. The molecule has 5 atom stereocenters. The van der Waals surface area contributed by atoms with Crippen LogP contribution < -0.4 is 10.1 Å². The number of nitrogens with zero attached hydrogens (tertiary/aromatic N) is 1. The number of benzene rings is 2. The Hall–Kier alpha value is -3.32. The highest BCUT2D eigenvalue weighted by Gasteiger charge is 2.64. The Morgan fingerprint density at radius 2 is 2.00 bits per heavy atom. The minimum atomic E-state index is -1.07. The summed E-state index contributed by atoms with van der Waals surface area (Å²) in [6.45, 7) is 0.921.